The number of fused-ring (bicyclic) bond motifs is 2. The molecule has 4 saturated carbocycles. The Labute approximate surface area is 276 Å². The molecule has 2 aromatic heterocycles. The number of carbonyl (C=O) groups is 2. The summed E-state index contributed by atoms with van der Waals surface area (Å²) in [4.78, 5) is 37.3. The molecule has 1 amide bonds. The first-order valence-electron chi connectivity index (χ1n) is 16.5. The number of pyridine rings is 1. The predicted octanol–water partition coefficient (Wildman–Crippen LogP) is 6.61. The number of carboxylic acid groups (broad SMARTS) is 1. The Hall–Kier alpha value is -4.57. The topological polar surface area (TPSA) is 131 Å². The second-order valence-corrected chi connectivity index (χ2v) is 15.2. The molecule has 47 heavy (non-hydrogen) atoms. The average molecular weight is 645 g/mol. The van der Waals surface area contributed by atoms with Gasteiger partial charge in [0.15, 0.2) is 10.8 Å². The van der Waals surface area contributed by atoms with E-state index in [1.165, 1.54) is 43.2 Å². The van der Waals surface area contributed by atoms with Crippen LogP contribution in [-0.4, -0.2) is 46.3 Å². The van der Waals surface area contributed by atoms with Gasteiger partial charge in [-0.25, -0.2) is 14.8 Å². The quantitative estimate of drug-likeness (QED) is 0.151. The van der Waals surface area contributed by atoms with Crippen LogP contribution in [-0.2, 0) is 13.0 Å². The van der Waals surface area contributed by atoms with Crippen LogP contribution in [0.3, 0.4) is 0 Å². The van der Waals surface area contributed by atoms with Crippen LogP contribution < -0.4 is 15.5 Å². The maximum atomic E-state index is 13.5. The first-order chi connectivity index (χ1) is 22.8. The molecule has 4 N–H and O–H groups in total. The van der Waals surface area contributed by atoms with Crippen molar-refractivity contribution in [3.05, 3.63) is 88.2 Å². The zero-order chi connectivity index (χ0) is 32.1. The van der Waals surface area contributed by atoms with E-state index < -0.39 is 5.97 Å². The Morgan fingerprint density at radius 3 is 2.57 bits per heavy atom. The van der Waals surface area contributed by atoms with Crippen LogP contribution in [0.5, 0.6) is 0 Å². The summed E-state index contributed by atoms with van der Waals surface area (Å²) in [5, 5.41) is 25.7. The number of nitrogens with one attached hydrogen (secondary N) is 3. The molecule has 4 aliphatic carbocycles. The van der Waals surface area contributed by atoms with Gasteiger partial charge in [0, 0.05) is 48.2 Å². The van der Waals surface area contributed by atoms with Crippen molar-refractivity contribution in [3.8, 4) is 0 Å². The number of thiazole rings is 1. The molecule has 4 aromatic rings. The molecule has 5 aliphatic rings. The maximum absolute atomic E-state index is 13.5. The Morgan fingerprint density at radius 1 is 1.04 bits per heavy atom. The van der Waals surface area contributed by atoms with E-state index in [0.29, 0.717) is 58.0 Å². The van der Waals surface area contributed by atoms with Gasteiger partial charge in [-0.2, -0.15) is 0 Å². The van der Waals surface area contributed by atoms with E-state index in [4.69, 9.17) is 5.41 Å². The lowest BCUT2D eigenvalue weighted by Gasteiger charge is -2.91. The lowest BCUT2D eigenvalue weighted by atomic mass is 9.13. The van der Waals surface area contributed by atoms with Gasteiger partial charge < -0.3 is 20.7 Å². The highest BCUT2D eigenvalue weighted by Crippen LogP contribution is 2.92. The minimum absolute atomic E-state index is 0.0722. The number of benzene rings is 2. The maximum Gasteiger partial charge on any atom is 0.355 e. The molecular weight excluding hydrogens is 609 g/mol. The Kier molecular flexibility index (Phi) is 6.22. The molecule has 9 nitrogen and oxygen atoms in total. The number of carboxylic acids is 1. The molecule has 0 bridgehead atoms. The third-order valence-electron chi connectivity index (χ3n) is 12.3. The number of hydrogen-bond acceptors (Lipinski definition) is 8. The molecule has 0 saturated heterocycles. The number of carbonyl (C=O) groups excluding carboxylic acids is 1. The standard InChI is InChI=1S/C37H36N6O3S/c1-20(39-19-36-15-23-13-22-14-24(16-36)37(22,23)36)27(17-38)25-9-10-31(41-32(25)34(45)46)43-12-11-21-5-4-6-26(28(21)18-43)33(44)42-35-40-29-7-2-3-8-30(29)47-35/h2-10,17,22-24,38-39H,11-16,18-19H2,1H3,(H,45,46)(H,40,42,44)/b27-20+,38-17?. The van der Waals surface area contributed by atoms with Gasteiger partial charge in [0.1, 0.15) is 5.82 Å². The van der Waals surface area contributed by atoms with Crippen LogP contribution in [0, 0.1) is 34.0 Å². The molecule has 2 unspecified atom stereocenters. The van der Waals surface area contributed by atoms with Gasteiger partial charge in [0.2, 0.25) is 0 Å². The monoisotopic (exact) mass is 644 g/mol. The smallest absolute Gasteiger partial charge is 0.355 e. The number of allylic oxidation sites excluding steroid dienone is 2. The summed E-state index contributed by atoms with van der Waals surface area (Å²) in [6, 6.07) is 17.2. The molecule has 1 aliphatic heterocycles. The van der Waals surface area contributed by atoms with E-state index in [1.54, 1.807) is 6.07 Å². The third kappa shape index (κ3) is 3.97. The number of amides is 1. The Balaban J connectivity index is 0.955. The van der Waals surface area contributed by atoms with Crippen LogP contribution >= 0.6 is 11.3 Å². The second kappa shape index (κ2) is 10.2. The van der Waals surface area contributed by atoms with Crippen molar-refractivity contribution in [2.75, 3.05) is 23.3 Å². The summed E-state index contributed by atoms with van der Waals surface area (Å²) >= 11 is 1.44. The lowest BCUT2D eigenvalue weighted by molar-refractivity contribution is -0.428. The summed E-state index contributed by atoms with van der Waals surface area (Å²) in [6.07, 6.45) is 7.39. The number of rotatable bonds is 9. The van der Waals surface area contributed by atoms with Crippen LogP contribution in [0.2, 0.25) is 0 Å². The van der Waals surface area contributed by atoms with Gasteiger partial charge in [-0.15, -0.1) is 0 Å². The molecule has 9 rings (SSSR count). The van der Waals surface area contributed by atoms with Gasteiger partial charge >= 0.3 is 5.97 Å². The SMILES string of the molecule is C/C(NCC12CC3CC4CC(C1)C432)=C(/C=N)c1ccc(N2CCc3cccc(C(=O)Nc4nc5ccccc5s4)c3C2)nc1C(=O)O. The van der Waals surface area contributed by atoms with Crippen molar-refractivity contribution in [2.45, 2.75) is 45.6 Å². The van der Waals surface area contributed by atoms with Crippen LogP contribution in [0.1, 0.15) is 70.1 Å². The second-order valence-electron chi connectivity index (χ2n) is 14.1. The van der Waals surface area contributed by atoms with Crippen LogP contribution in [0.4, 0.5) is 10.9 Å². The highest BCUT2D eigenvalue weighted by molar-refractivity contribution is 7.22. The average Bonchev–Trinajstić information content (AvgIpc) is 3.45. The van der Waals surface area contributed by atoms with Gasteiger partial charge in [-0.1, -0.05) is 35.6 Å². The summed E-state index contributed by atoms with van der Waals surface area (Å²) < 4.78 is 1.01. The van der Waals surface area contributed by atoms with Crippen molar-refractivity contribution in [3.63, 3.8) is 0 Å². The molecule has 2 aromatic carbocycles. The van der Waals surface area contributed by atoms with Gasteiger partial charge in [-0.3, -0.25) is 10.1 Å². The number of para-hydroxylation sites is 1. The predicted molar refractivity (Wildman–Crippen MR) is 183 cm³/mol. The molecule has 238 valence electrons. The van der Waals surface area contributed by atoms with E-state index in [2.05, 4.69) is 20.6 Å². The van der Waals surface area contributed by atoms with Gasteiger partial charge in [0.25, 0.3) is 5.91 Å². The van der Waals surface area contributed by atoms with Crippen molar-refractivity contribution >= 4 is 56.2 Å². The van der Waals surface area contributed by atoms with Gasteiger partial charge in [0.05, 0.1) is 10.2 Å². The van der Waals surface area contributed by atoms with Crippen molar-refractivity contribution < 1.29 is 14.7 Å². The number of nitrogens with zero attached hydrogens (tertiary/aromatic N) is 3. The normalized spacial score (nSPS) is 28.2. The molecule has 1 spiro atoms. The first kappa shape index (κ1) is 28.6. The van der Waals surface area contributed by atoms with Crippen molar-refractivity contribution in [1.29, 1.82) is 5.41 Å². The summed E-state index contributed by atoms with van der Waals surface area (Å²) in [5.41, 5.74) is 6.14. The zero-order valence-electron chi connectivity index (χ0n) is 26.2. The van der Waals surface area contributed by atoms with E-state index >= 15 is 0 Å². The van der Waals surface area contributed by atoms with Crippen molar-refractivity contribution in [1.82, 2.24) is 15.3 Å². The lowest BCUT2D eigenvalue weighted by Crippen LogP contribution is -2.86. The molecule has 4 fully saturated rings. The van der Waals surface area contributed by atoms with E-state index in [9.17, 15) is 14.7 Å². The molecule has 2 atom stereocenters. The van der Waals surface area contributed by atoms with E-state index in [1.807, 2.05) is 60.4 Å². The molecular formula is C37H36N6O3S. The number of aromatic nitrogens is 2. The number of hydrogen-bond donors (Lipinski definition) is 4. The molecule has 3 heterocycles. The fourth-order valence-corrected chi connectivity index (χ4v) is 11.2. The highest BCUT2D eigenvalue weighted by Gasteiger charge is 2.87. The van der Waals surface area contributed by atoms with Crippen LogP contribution in [0.15, 0.2) is 60.3 Å². The van der Waals surface area contributed by atoms with E-state index in [-0.39, 0.29) is 11.6 Å². The first-order valence-corrected chi connectivity index (χ1v) is 17.4. The summed E-state index contributed by atoms with van der Waals surface area (Å²) in [5.74, 6) is 1.96. The molecule has 0 radical (unpaired) electrons. The number of anilines is 2. The largest absolute Gasteiger partial charge is 0.476 e. The van der Waals surface area contributed by atoms with Crippen molar-refractivity contribution in [2.24, 2.45) is 28.6 Å². The Bertz CT molecular complexity index is 1990. The number of aromatic carboxylic acids is 1. The highest BCUT2D eigenvalue weighted by atomic mass is 32.1. The summed E-state index contributed by atoms with van der Waals surface area (Å²) in [6.45, 7) is 3.91. The van der Waals surface area contributed by atoms with E-state index in [0.717, 1.165) is 51.3 Å². The van der Waals surface area contributed by atoms with Crippen LogP contribution in [0.25, 0.3) is 15.8 Å². The Morgan fingerprint density at radius 2 is 1.85 bits per heavy atom. The van der Waals surface area contributed by atoms with Gasteiger partial charge in [-0.05, 0) is 109 Å². The minimum Gasteiger partial charge on any atom is -0.476 e. The minimum atomic E-state index is -1.13. The fourth-order valence-electron chi connectivity index (χ4n) is 10.3. The zero-order valence-corrected chi connectivity index (χ0v) is 27.0. The fraction of sp³-hybridized carbons (Fsp3) is 0.378. The third-order valence-corrected chi connectivity index (χ3v) is 13.3. The molecule has 10 heteroatoms. The summed E-state index contributed by atoms with van der Waals surface area (Å²) in [7, 11) is 0.